The molecule has 0 saturated carbocycles. The smallest absolute Gasteiger partial charge is 0.276 e. The van der Waals surface area contributed by atoms with Crippen molar-refractivity contribution in [2.75, 3.05) is 18.8 Å². The molecule has 1 aliphatic rings. The highest BCUT2D eigenvalue weighted by Crippen LogP contribution is 2.25. The third-order valence-corrected chi connectivity index (χ3v) is 5.51. The Morgan fingerprint density at radius 2 is 2.35 bits per heavy atom. The first kappa shape index (κ1) is 12.9. The molecule has 17 heavy (non-hydrogen) atoms. The Morgan fingerprint density at radius 1 is 1.59 bits per heavy atom. The predicted molar refractivity (Wildman–Crippen MR) is 67.3 cm³/mol. The zero-order valence-corrected chi connectivity index (χ0v) is 11.3. The molecular formula is C10H16N2O3S2. The van der Waals surface area contributed by atoms with Crippen LogP contribution in [0.2, 0.25) is 0 Å². The van der Waals surface area contributed by atoms with Crippen LogP contribution in [0.4, 0.5) is 0 Å². The van der Waals surface area contributed by atoms with Gasteiger partial charge in [-0.25, -0.2) is 8.42 Å². The normalized spacial score (nSPS) is 22.8. The van der Waals surface area contributed by atoms with Gasteiger partial charge in [0.05, 0.1) is 6.54 Å². The summed E-state index contributed by atoms with van der Waals surface area (Å²) in [6, 6.07) is 3.08. The minimum absolute atomic E-state index is 0.00273. The lowest BCUT2D eigenvalue weighted by molar-refractivity contribution is 0.373. The molecule has 2 rings (SSSR count). The molecule has 96 valence electrons. The molecule has 1 aliphatic heterocycles. The van der Waals surface area contributed by atoms with Gasteiger partial charge in [0.1, 0.15) is 5.76 Å². The van der Waals surface area contributed by atoms with Gasteiger partial charge >= 0.3 is 0 Å². The van der Waals surface area contributed by atoms with E-state index in [0.717, 1.165) is 5.75 Å². The average Bonchev–Trinajstić information content (AvgIpc) is 2.78. The molecule has 0 bridgehead atoms. The lowest BCUT2D eigenvalue weighted by Crippen LogP contribution is -2.40. The highest BCUT2D eigenvalue weighted by atomic mass is 32.2. The second-order valence-electron chi connectivity index (χ2n) is 3.97. The van der Waals surface area contributed by atoms with E-state index in [4.69, 9.17) is 10.2 Å². The predicted octanol–water partition coefficient (Wildman–Crippen LogP) is 0.864. The molecule has 1 fully saturated rings. The van der Waals surface area contributed by atoms with Gasteiger partial charge in [0.25, 0.3) is 10.0 Å². The summed E-state index contributed by atoms with van der Waals surface area (Å²) in [5.41, 5.74) is 5.40. The van der Waals surface area contributed by atoms with E-state index in [0.29, 0.717) is 24.1 Å². The minimum Gasteiger partial charge on any atom is -0.447 e. The molecule has 5 nitrogen and oxygen atoms in total. The van der Waals surface area contributed by atoms with Gasteiger partial charge in [-0.15, -0.1) is 0 Å². The lowest BCUT2D eigenvalue weighted by atomic mass is 10.4. The summed E-state index contributed by atoms with van der Waals surface area (Å²) in [6.45, 7) is 3.31. The van der Waals surface area contributed by atoms with E-state index in [1.165, 1.54) is 10.4 Å². The SMILES string of the molecule is CC1CN(S(=O)(=O)c2ccc(CN)o2)CCS1. The average molecular weight is 276 g/mol. The number of nitrogens with zero attached hydrogens (tertiary/aromatic N) is 1. The fourth-order valence-corrected chi connectivity index (χ4v) is 4.42. The summed E-state index contributed by atoms with van der Waals surface area (Å²) in [5.74, 6) is 1.31. The molecule has 1 atom stereocenters. The van der Waals surface area contributed by atoms with Crippen LogP contribution in [-0.4, -0.2) is 36.8 Å². The molecule has 2 heterocycles. The minimum atomic E-state index is -3.49. The van der Waals surface area contributed by atoms with Gasteiger partial charge in [-0.05, 0) is 12.1 Å². The number of hydrogen-bond acceptors (Lipinski definition) is 5. The summed E-state index contributed by atoms with van der Waals surface area (Å²) in [7, 11) is -3.49. The number of nitrogens with two attached hydrogens (primary N) is 1. The molecule has 0 spiro atoms. The molecule has 1 unspecified atom stereocenters. The number of sulfonamides is 1. The summed E-state index contributed by atoms with van der Waals surface area (Å²) in [5, 5.41) is 0.319. The van der Waals surface area contributed by atoms with Crippen LogP contribution in [0.3, 0.4) is 0 Å². The van der Waals surface area contributed by atoms with E-state index in [2.05, 4.69) is 0 Å². The summed E-state index contributed by atoms with van der Waals surface area (Å²) in [6.07, 6.45) is 0. The van der Waals surface area contributed by atoms with Gasteiger partial charge in [-0.3, -0.25) is 0 Å². The number of hydrogen-bond donors (Lipinski definition) is 1. The number of furan rings is 1. The molecule has 1 aromatic heterocycles. The monoisotopic (exact) mass is 276 g/mol. The first-order valence-corrected chi connectivity index (χ1v) is 7.93. The molecular weight excluding hydrogens is 260 g/mol. The van der Waals surface area contributed by atoms with Crippen molar-refractivity contribution in [1.29, 1.82) is 0 Å². The number of rotatable bonds is 3. The fourth-order valence-electron chi connectivity index (χ4n) is 1.74. The molecule has 0 amide bonds. The van der Waals surface area contributed by atoms with Crippen molar-refractivity contribution in [2.24, 2.45) is 5.73 Å². The van der Waals surface area contributed by atoms with Crippen molar-refractivity contribution >= 4 is 21.8 Å². The van der Waals surface area contributed by atoms with Crippen molar-refractivity contribution in [2.45, 2.75) is 23.8 Å². The van der Waals surface area contributed by atoms with Crippen LogP contribution < -0.4 is 5.73 Å². The van der Waals surface area contributed by atoms with Gasteiger partial charge in [-0.1, -0.05) is 6.92 Å². The summed E-state index contributed by atoms with van der Waals surface area (Å²) < 4.78 is 31.2. The fraction of sp³-hybridized carbons (Fsp3) is 0.600. The third kappa shape index (κ3) is 2.67. The lowest BCUT2D eigenvalue weighted by Gasteiger charge is -2.28. The van der Waals surface area contributed by atoms with Gasteiger partial charge in [0.15, 0.2) is 0 Å². The van der Waals surface area contributed by atoms with E-state index in [9.17, 15) is 8.42 Å². The Balaban J connectivity index is 2.23. The van der Waals surface area contributed by atoms with Gasteiger partial charge < -0.3 is 10.2 Å². The van der Waals surface area contributed by atoms with Crippen LogP contribution in [0.5, 0.6) is 0 Å². The van der Waals surface area contributed by atoms with Crippen LogP contribution in [0.25, 0.3) is 0 Å². The second kappa shape index (κ2) is 5.01. The maximum Gasteiger partial charge on any atom is 0.276 e. The molecule has 0 radical (unpaired) electrons. The molecule has 0 aromatic carbocycles. The largest absolute Gasteiger partial charge is 0.447 e. The Hall–Kier alpha value is -0.500. The molecule has 2 N–H and O–H groups in total. The van der Waals surface area contributed by atoms with Crippen molar-refractivity contribution in [1.82, 2.24) is 4.31 Å². The van der Waals surface area contributed by atoms with Crippen molar-refractivity contribution in [3.05, 3.63) is 17.9 Å². The Labute approximate surface area is 105 Å². The van der Waals surface area contributed by atoms with E-state index >= 15 is 0 Å². The Bertz CT molecular complexity index is 483. The van der Waals surface area contributed by atoms with Crippen molar-refractivity contribution in [3.8, 4) is 0 Å². The molecule has 1 saturated heterocycles. The molecule has 0 aliphatic carbocycles. The maximum atomic E-state index is 12.2. The highest BCUT2D eigenvalue weighted by Gasteiger charge is 2.31. The van der Waals surface area contributed by atoms with E-state index in [1.54, 1.807) is 17.8 Å². The van der Waals surface area contributed by atoms with Gasteiger partial charge in [0, 0.05) is 24.1 Å². The van der Waals surface area contributed by atoms with Crippen LogP contribution in [0.15, 0.2) is 21.6 Å². The molecule has 7 heteroatoms. The van der Waals surface area contributed by atoms with Gasteiger partial charge in [0.2, 0.25) is 5.09 Å². The Kier molecular flexibility index (Phi) is 3.82. The topological polar surface area (TPSA) is 76.5 Å². The summed E-state index contributed by atoms with van der Waals surface area (Å²) in [4.78, 5) is 0. The van der Waals surface area contributed by atoms with Crippen LogP contribution in [0.1, 0.15) is 12.7 Å². The third-order valence-electron chi connectivity index (χ3n) is 2.64. The standard InChI is InChI=1S/C10H16N2O3S2/c1-8-7-12(4-5-16-8)17(13,14)10-3-2-9(6-11)15-10/h2-3,8H,4-7,11H2,1H3. The second-order valence-corrected chi connectivity index (χ2v) is 7.38. The van der Waals surface area contributed by atoms with Crippen molar-refractivity contribution < 1.29 is 12.8 Å². The molecule has 1 aromatic rings. The van der Waals surface area contributed by atoms with E-state index in [1.807, 2.05) is 6.92 Å². The first-order chi connectivity index (χ1) is 8.04. The van der Waals surface area contributed by atoms with Crippen LogP contribution in [0, 0.1) is 0 Å². The summed E-state index contributed by atoms with van der Waals surface area (Å²) >= 11 is 1.79. The first-order valence-electron chi connectivity index (χ1n) is 5.44. The zero-order valence-electron chi connectivity index (χ0n) is 9.63. The maximum absolute atomic E-state index is 12.2. The number of thioether (sulfide) groups is 1. The zero-order chi connectivity index (χ0) is 12.5. The van der Waals surface area contributed by atoms with E-state index < -0.39 is 10.0 Å². The Morgan fingerprint density at radius 3 is 2.94 bits per heavy atom. The van der Waals surface area contributed by atoms with Crippen LogP contribution in [-0.2, 0) is 16.6 Å². The van der Waals surface area contributed by atoms with Crippen molar-refractivity contribution in [3.63, 3.8) is 0 Å². The highest BCUT2D eigenvalue weighted by molar-refractivity contribution is 8.00. The van der Waals surface area contributed by atoms with Gasteiger partial charge in [-0.2, -0.15) is 16.1 Å². The quantitative estimate of drug-likeness (QED) is 0.886. The van der Waals surface area contributed by atoms with Crippen LogP contribution >= 0.6 is 11.8 Å². The van der Waals surface area contributed by atoms with E-state index in [-0.39, 0.29) is 11.6 Å².